The van der Waals surface area contributed by atoms with Gasteiger partial charge in [-0.3, -0.25) is 0 Å². The quantitative estimate of drug-likeness (QED) is 0.0961. The molecule has 1 aliphatic rings. The summed E-state index contributed by atoms with van der Waals surface area (Å²) in [6.45, 7) is -1.35. The molecule has 1 unspecified atom stereocenters. The fraction of sp³-hybridized carbons (Fsp3) is 0.938. The summed E-state index contributed by atoms with van der Waals surface area (Å²) in [7, 11) is 0. The van der Waals surface area contributed by atoms with E-state index < -0.39 is 71.3 Å². The number of aliphatic hydroxyl groups is 1. The van der Waals surface area contributed by atoms with Gasteiger partial charge in [-0.25, -0.2) is 14.4 Å². The molecular formula is C16H16F14O6S. The first-order chi connectivity index (χ1) is 16.5. The summed E-state index contributed by atoms with van der Waals surface area (Å²) in [5.41, 5.74) is 0. The maximum atomic E-state index is 14.9. The topological polar surface area (TPSA) is 85.2 Å². The van der Waals surface area contributed by atoms with Gasteiger partial charge in [0.2, 0.25) is 0 Å². The zero-order chi connectivity index (χ0) is 29.3. The van der Waals surface area contributed by atoms with Crippen LogP contribution in [0.4, 0.5) is 61.5 Å². The van der Waals surface area contributed by atoms with Crippen LogP contribution >= 0.6 is 12.0 Å². The first-order valence-corrected chi connectivity index (χ1v) is 10.3. The van der Waals surface area contributed by atoms with Gasteiger partial charge in [0.05, 0.1) is 18.6 Å². The summed E-state index contributed by atoms with van der Waals surface area (Å²) in [5, 5.41) is 13.4. The average Bonchev–Trinajstić information content (AvgIpc) is 2.79. The summed E-state index contributed by atoms with van der Waals surface area (Å²) in [4.78, 5) is 11.9. The SMILES string of the molecule is O=C(OCC1CCC(CO)CC1)C(F)(SOOO)C(F)(F)C(F)(F)C(F)(F)C(F)(F)C(F)(F)C(F)(F)F. The van der Waals surface area contributed by atoms with Crippen molar-refractivity contribution in [3.05, 3.63) is 0 Å². The van der Waals surface area contributed by atoms with Crippen LogP contribution in [0.25, 0.3) is 0 Å². The van der Waals surface area contributed by atoms with Gasteiger partial charge in [0.1, 0.15) is 0 Å². The molecule has 0 saturated heterocycles. The second-order valence-electron chi connectivity index (χ2n) is 7.86. The molecule has 0 amide bonds. The molecule has 0 heterocycles. The Balaban J connectivity index is 3.39. The molecule has 220 valence electrons. The van der Waals surface area contributed by atoms with Crippen LogP contribution in [-0.2, 0) is 18.9 Å². The Hall–Kier alpha value is -1.32. The Kier molecular flexibility index (Phi) is 10.1. The van der Waals surface area contributed by atoms with Crippen molar-refractivity contribution < 1.29 is 90.7 Å². The van der Waals surface area contributed by atoms with Crippen LogP contribution in [0.15, 0.2) is 0 Å². The number of alkyl halides is 14. The van der Waals surface area contributed by atoms with Gasteiger partial charge in [-0.05, 0) is 37.5 Å². The largest absolute Gasteiger partial charge is 0.462 e. The van der Waals surface area contributed by atoms with Crippen LogP contribution in [0, 0.1) is 11.8 Å². The number of esters is 1. The minimum atomic E-state index is -8.39. The molecule has 1 fully saturated rings. The molecular weight excluding hydrogens is 586 g/mol. The smallest absolute Gasteiger partial charge is 0.460 e. The van der Waals surface area contributed by atoms with Gasteiger partial charge in [-0.1, -0.05) is 5.04 Å². The first kappa shape index (κ1) is 33.7. The molecule has 1 saturated carbocycles. The average molecular weight is 602 g/mol. The molecule has 37 heavy (non-hydrogen) atoms. The molecule has 0 aromatic carbocycles. The van der Waals surface area contributed by atoms with Crippen LogP contribution in [0.1, 0.15) is 25.7 Å². The highest BCUT2D eigenvalue weighted by molar-refractivity contribution is 7.96. The fourth-order valence-corrected chi connectivity index (χ4v) is 3.60. The van der Waals surface area contributed by atoms with Crippen LogP contribution in [0.2, 0.25) is 0 Å². The Morgan fingerprint density at radius 2 is 1.11 bits per heavy atom. The monoisotopic (exact) mass is 602 g/mol. The third-order valence-electron chi connectivity index (χ3n) is 5.45. The molecule has 2 N–H and O–H groups in total. The molecule has 6 nitrogen and oxygen atoms in total. The van der Waals surface area contributed by atoms with Gasteiger partial charge in [0, 0.05) is 6.61 Å². The van der Waals surface area contributed by atoms with E-state index in [-0.39, 0.29) is 38.2 Å². The van der Waals surface area contributed by atoms with E-state index in [1.165, 1.54) is 0 Å². The van der Waals surface area contributed by atoms with Crippen molar-refractivity contribution in [2.75, 3.05) is 13.2 Å². The molecule has 0 radical (unpaired) electrons. The zero-order valence-corrected chi connectivity index (χ0v) is 18.4. The minimum absolute atomic E-state index is 0.0740. The number of aliphatic hydroxyl groups excluding tert-OH is 1. The predicted octanol–water partition coefficient (Wildman–Crippen LogP) is 5.80. The Labute approximate surface area is 201 Å². The van der Waals surface area contributed by atoms with Gasteiger partial charge >= 0.3 is 46.8 Å². The number of carbonyl (C=O) groups excluding carboxylic acids is 1. The van der Waals surface area contributed by atoms with E-state index in [1.807, 2.05) is 0 Å². The second-order valence-corrected chi connectivity index (χ2v) is 8.72. The highest BCUT2D eigenvalue weighted by Crippen LogP contribution is 2.63. The van der Waals surface area contributed by atoms with E-state index in [9.17, 15) is 66.3 Å². The molecule has 0 aromatic heterocycles. The standard InChI is InChI=1S/C16H16F14O6S/c17-10(37-36-35-33,9(32)34-6-8-3-1-7(5-31)2-4-8)11(18,19)12(20,21)13(22,23)14(24,25)15(26,27)16(28,29)30/h7-8,31,33H,1-6H2. The normalized spacial score (nSPS) is 22.5. The number of rotatable bonds is 12. The Bertz CT molecular complexity index is 786. The number of halogens is 14. The third-order valence-corrected chi connectivity index (χ3v) is 6.24. The highest BCUT2D eigenvalue weighted by Gasteiger charge is 2.94. The van der Waals surface area contributed by atoms with E-state index in [4.69, 9.17) is 10.4 Å². The molecule has 1 atom stereocenters. The van der Waals surface area contributed by atoms with Gasteiger partial charge in [0.15, 0.2) is 0 Å². The van der Waals surface area contributed by atoms with E-state index in [0.717, 1.165) is 0 Å². The maximum Gasteiger partial charge on any atom is 0.460 e. The van der Waals surface area contributed by atoms with Gasteiger partial charge in [0.25, 0.3) is 0 Å². The maximum absolute atomic E-state index is 14.9. The zero-order valence-electron chi connectivity index (χ0n) is 17.6. The fourth-order valence-electron chi connectivity index (χ4n) is 3.12. The first-order valence-electron chi connectivity index (χ1n) is 9.58. The Morgan fingerprint density at radius 1 is 0.703 bits per heavy atom. The number of hydrogen-bond acceptors (Lipinski definition) is 7. The molecule has 0 aromatic rings. The van der Waals surface area contributed by atoms with Crippen LogP contribution in [-0.4, -0.2) is 70.3 Å². The number of hydrogen-bond donors (Lipinski definition) is 2. The van der Waals surface area contributed by atoms with Crippen LogP contribution in [0.3, 0.4) is 0 Å². The lowest BCUT2D eigenvalue weighted by molar-refractivity contribution is -0.445. The van der Waals surface area contributed by atoms with Crippen molar-refractivity contribution in [2.24, 2.45) is 11.8 Å². The van der Waals surface area contributed by atoms with E-state index >= 15 is 0 Å². The van der Waals surface area contributed by atoms with E-state index in [1.54, 1.807) is 0 Å². The van der Waals surface area contributed by atoms with E-state index in [2.05, 4.69) is 14.1 Å². The lowest BCUT2D eigenvalue weighted by Gasteiger charge is -2.42. The molecule has 1 aliphatic carbocycles. The van der Waals surface area contributed by atoms with E-state index in [0.29, 0.717) is 0 Å². The molecule has 21 heteroatoms. The predicted molar refractivity (Wildman–Crippen MR) is 90.5 cm³/mol. The lowest BCUT2D eigenvalue weighted by Crippen LogP contribution is -2.73. The summed E-state index contributed by atoms with van der Waals surface area (Å²) in [6.07, 6.45) is -7.04. The Morgan fingerprint density at radius 3 is 1.51 bits per heavy atom. The summed E-state index contributed by atoms with van der Waals surface area (Å²) >= 11 is -2.07. The second kappa shape index (κ2) is 11.0. The van der Waals surface area contributed by atoms with Crippen LogP contribution in [0.5, 0.6) is 0 Å². The highest BCUT2D eigenvalue weighted by atomic mass is 32.2. The van der Waals surface area contributed by atoms with Crippen molar-refractivity contribution in [1.82, 2.24) is 0 Å². The van der Waals surface area contributed by atoms with Gasteiger partial charge in [-0.2, -0.15) is 57.1 Å². The van der Waals surface area contributed by atoms with Gasteiger partial charge < -0.3 is 9.84 Å². The van der Waals surface area contributed by atoms with Crippen LogP contribution < -0.4 is 0 Å². The summed E-state index contributed by atoms with van der Waals surface area (Å²) in [6, 6.07) is 0. The lowest BCUT2D eigenvalue weighted by atomic mass is 9.83. The molecule has 0 bridgehead atoms. The molecule has 1 rings (SSSR count). The van der Waals surface area contributed by atoms with Crippen molar-refractivity contribution in [1.29, 1.82) is 0 Å². The summed E-state index contributed by atoms with van der Waals surface area (Å²) < 4.78 is 195. The number of carbonyl (C=O) groups is 1. The van der Waals surface area contributed by atoms with Crippen molar-refractivity contribution in [2.45, 2.75) is 66.5 Å². The minimum Gasteiger partial charge on any atom is -0.462 e. The molecule has 0 spiro atoms. The number of ether oxygens (including phenoxy) is 1. The van der Waals surface area contributed by atoms with Crippen molar-refractivity contribution in [3.8, 4) is 0 Å². The van der Waals surface area contributed by atoms with Gasteiger partial charge in [-0.15, -0.1) is 4.33 Å². The summed E-state index contributed by atoms with van der Waals surface area (Å²) in [5.74, 6) is -44.9. The molecule has 0 aliphatic heterocycles. The van der Waals surface area contributed by atoms with Crippen molar-refractivity contribution in [3.63, 3.8) is 0 Å². The third kappa shape index (κ3) is 5.69. The van der Waals surface area contributed by atoms with Crippen molar-refractivity contribution >= 4 is 18.0 Å².